The maximum absolute atomic E-state index is 13.0. The van der Waals surface area contributed by atoms with Crippen molar-refractivity contribution in [2.45, 2.75) is 19.3 Å². The average Bonchev–Trinajstić information content (AvgIpc) is 3.14. The molecule has 1 aliphatic carbocycles. The molecular weight excluding hydrogens is 328 g/mol. The SMILES string of the molecule is COc1cc(C#N)ccc1OC(=O)c1c2c(nc3ccccc13)CCC2. The van der Waals surface area contributed by atoms with Gasteiger partial charge in [0.1, 0.15) is 0 Å². The number of benzene rings is 2. The lowest BCUT2D eigenvalue weighted by molar-refractivity contribution is 0.0730. The lowest BCUT2D eigenvalue weighted by Crippen LogP contribution is -2.13. The number of rotatable bonds is 3. The first-order valence-corrected chi connectivity index (χ1v) is 8.42. The molecule has 0 aliphatic heterocycles. The third-order valence-electron chi connectivity index (χ3n) is 4.62. The number of fused-ring (bicyclic) bond motifs is 2. The molecule has 1 aromatic heterocycles. The van der Waals surface area contributed by atoms with Crippen LogP contribution in [0.1, 0.15) is 33.6 Å². The summed E-state index contributed by atoms with van der Waals surface area (Å²) in [4.78, 5) is 17.7. The minimum Gasteiger partial charge on any atom is -0.493 e. The van der Waals surface area contributed by atoms with E-state index in [2.05, 4.69) is 0 Å². The number of hydrogen-bond acceptors (Lipinski definition) is 5. The van der Waals surface area contributed by atoms with Crippen LogP contribution in [0.3, 0.4) is 0 Å². The fourth-order valence-corrected chi connectivity index (χ4v) is 3.42. The first-order valence-electron chi connectivity index (χ1n) is 8.42. The molecule has 0 bridgehead atoms. The van der Waals surface area contributed by atoms with Crippen molar-refractivity contribution in [1.29, 1.82) is 5.26 Å². The Morgan fingerprint density at radius 2 is 2.00 bits per heavy atom. The van der Waals surface area contributed by atoms with Gasteiger partial charge in [0.05, 0.1) is 29.8 Å². The molecular formula is C21H16N2O3. The Morgan fingerprint density at radius 3 is 2.81 bits per heavy atom. The molecule has 0 amide bonds. The second kappa shape index (κ2) is 6.49. The summed E-state index contributed by atoms with van der Waals surface area (Å²) in [5, 5.41) is 9.81. The van der Waals surface area contributed by atoms with Gasteiger partial charge < -0.3 is 9.47 Å². The molecule has 0 fully saturated rings. The van der Waals surface area contributed by atoms with Gasteiger partial charge in [-0.3, -0.25) is 4.98 Å². The molecule has 0 saturated heterocycles. The summed E-state index contributed by atoms with van der Waals surface area (Å²) >= 11 is 0. The summed E-state index contributed by atoms with van der Waals surface area (Å²) in [5.74, 6) is 0.223. The summed E-state index contributed by atoms with van der Waals surface area (Å²) < 4.78 is 10.9. The first kappa shape index (κ1) is 16.1. The van der Waals surface area contributed by atoms with E-state index in [4.69, 9.17) is 19.7 Å². The van der Waals surface area contributed by atoms with Gasteiger partial charge in [0, 0.05) is 17.1 Å². The second-order valence-corrected chi connectivity index (χ2v) is 6.15. The lowest BCUT2D eigenvalue weighted by atomic mass is 10.0. The van der Waals surface area contributed by atoms with Crippen LogP contribution in [0.5, 0.6) is 11.5 Å². The maximum atomic E-state index is 13.0. The quantitative estimate of drug-likeness (QED) is 0.533. The van der Waals surface area contributed by atoms with E-state index in [1.54, 1.807) is 18.2 Å². The van der Waals surface area contributed by atoms with Gasteiger partial charge in [0.2, 0.25) is 0 Å². The largest absolute Gasteiger partial charge is 0.493 e. The van der Waals surface area contributed by atoms with E-state index in [0.717, 1.165) is 41.4 Å². The van der Waals surface area contributed by atoms with Gasteiger partial charge in [-0.15, -0.1) is 0 Å². The van der Waals surface area contributed by atoms with Crippen LogP contribution in [0.4, 0.5) is 0 Å². The number of carbonyl (C=O) groups excluding carboxylic acids is 1. The maximum Gasteiger partial charge on any atom is 0.344 e. The molecule has 5 nitrogen and oxygen atoms in total. The molecule has 1 aliphatic rings. The Morgan fingerprint density at radius 1 is 1.15 bits per heavy atom. The van der Waals surface area contributed by atoms with E-state index in [0.29, 0.717) is 22.6 Å². The monoisotopic (exact) mass is 344 g/mol. The molecule has 128 valence electrons. The molecule has 3 aromatic rings. The summed E-state index contributed by atoms with van der Waals surface area (Å²) in [6.07, 6.45) is 2.68. The average molecular weight is 344 g/mol. The van der Waals surface area contributed by atoms with Gasteiger partial charge in [-0.05, 0) is 43.0 Å². The second-order valence-electron chi connectivity index (χ2n) is 6.15. The first-order chi connectivity index (χ1) is 12.7. The van der Waals surface area contributed by atoms with E-state index >= 15 is 0 Å². The lowest BCUT2D eigenvalue weighted by Gasteiger charge is -2.13. The molecule has 5 heteroatoms. The van der Waals surface area contributed by atoms with Crippen molar-refractivity contribution in [2.75, 3.05) is 7.11 Å². The Kier molecular flexibility index (Phi) is 4.02. The number of hydrogen-bond donors (Lipinski definition) is 0. The number of nitrogens with zero attached hydrogens (tertiary/aromatic N) is 2. The molecule has 0 radical (unpaired) electrons. The molecule has 0 atom stereocenters. The fourth-order valence-electron chi connectivity index (χ4n) is 3.42. The van der Waals surface area contributed by atoms with Crippen molar-refractivity contribution in [3.05, 3.63) is 64.8 Å². The number of esters is 1. The summed E-state index contributed by atoms with van der Waals surface area (Å²) in [7, 11) is 1.48. The van der Waals surface area contributed by atoms with Crippen LogP contribution < -0.4 is 9.47 Å². The molecule has 0 unspecified atom stereocenters. The molecule has 0 saturated carbocycles. The highest BCUT2D eigenvalue weighted by atomic mass is 16.6. The van der Waals surface area contributed by atoms with Crippen molar-refractivity contribution < 1.29 is 14.3 Å². The van der Waals surface area contributed by atoms with E-state index in [1.165, 1.54) is 7.11 Å². The van der Waals surface area contributed by atoms with E-state index in [-0.39, 0.29) is 0 Å². The van der Waals surface area contributed by atoms with Crippen LogP contribution in [0.15, 0.2) is 42.5 Å². The Labute approximate surface area is 150 Å². The highest BCUT2D eigenvalue weighted by Crippen LogP contribution is 2.33. The van der Waals surface area contributed by atoms with Crippen molar-refractivity contribution in [2.24, 2.45) is 0 Å². The number of ether oxygens (including phenoxy) is 2. The van der Waals surface area contributed by atoms with Crippen LogP contribution >= 0.6 is 0 Å². The highest BCUT2D eigenvalue weighted by Gasteiger charge is 2.25. The van der Waals surface area contributed by atoms with Crippen molar-refractivity contribution in [1.82, 2.24) is 4.98 Å². The predicted molar refractivity (Wildman–Crippen MR) is 96.4 cm³/mol. The van der Waals surface area contributed by atoms with Crippen LogP contribution in [0.25, 0.3) is 10.9 Å². The fraction of sp³-hybridized carbons (Fsp3) is 0.190. The van der Waals surface area contributed by atoms with Crippen molar-refractivity contribution >= 4 is 16.9 Å². The number of pyridine rings is 1. The summed E-state index contributed by atoms with van der Waals surface area (Å²) in [6, 6.07) is 14.4. The van der Waals surface area contributed by atoms with E-state index in [1.807, 2.05) is 30.3 Å². The Bertz CT molecular complexity index is 1070. The standard InChI is InChI=1S/C21H16N2O3/c1-25-19-11-13(12-22)9-10-18(19)26-21(24)20-14-5-2-3-7-16(14)23-17-8-4-6-15(17)20/h2-3,5,7,9-11H,4,6,8H2,1H3. The van der Waals surface area contributed by atoms with Crippen molar-refractivity contribution in [3.63, 3.8) is 0 Å². The van der Waals surface area contributed by atoms with Gasteiger partial charge in [-0.25, -0.2) is 4.79 Å². The predicted octanol–water partition coefficient (Wildman–Crippen LogP) is 3.82. The van der Waals surface area contributed by atoms with E-state index in [9.17, 15) is 4.79 Å². The molecule has 0 spiro atoms. The number of para-hydroxylation sites is 1. The van der Waals surface area contributed by atoms with Gasteiger partial charge >= 0.3 is 5.97 Å². The number of methoxy groups -OCH3 is 1. The van der Waals surface area contributed by atoms with Gasteiger partial charge in [-0.2, -0.15) is 5.26 Å². The summed E-state index contributed by atoms with van der Waals surface area (Å²) in [6.45, 7) is 0. The van der Waals surface area contributed by atoms with Gasteiger partial charge in [0.15, 0.2) is 11.5 Å². The number of carbonyl (C=O) groups is 1. The highest BCUT2D eigenvalue weighted by molar-refractivity contribution is 6.06. The minimum absolute atomic E-state index is 0.296. The van der Waals surface area contributed by atoms with Crippen LogP contribution in [-0.2, 0) is 12.8 Å². The van der Waals surface area contributed by atoms with Gasteiger partial charge in [-0.1, -0.05) is 18.2 Å². The third kappa shape index (κ3) is 2.66. The smallest absolute Gasteiger partial charge is 0.344 e. The normalized spacial score (nSPS) is 12.5. The van der Waals surface area contributed by atoms with Crippen LogP contribution in [0.2, 0.25) is 0 Å². The minimum atomic E-state index is -0.426. The Balaban J connectivity index is 1.80. The zero-order chi connectivity index (χ0) is 18.1. The molecule has 1 heterocycles. The molecule has 4 rings (SSSR count). The molecule has 2 aromatic carbocycles. The topological polar surface area (TPSA) is 72.2 Å². The summed E-state index contributed by atoms with van der Waals surface area (Å²) in [5.41, 5.74) is 3.77. The van der Waals surface area contributed by atoms with Crippen molar-refractivity contribution in [3.8, 4) is 17.6 Å². The zero-order valence-electron chi connectivity index (χ0n) is 14.3. The zero-order valence-corrected chi connectivity index (χ0v) is 14.3. The van der Waals surface area contributed by atoms with Crippen LogP contribution in [-0.4, -0.2) is 18.1 Å². The third-order valence-corrected chi connectivity index (χ3v) is 4.62. The van der Waals surface area contributed by atoms with Gasteiger partial charge in [0.25, 0.3) is 0 Å². The Hall–Kier alpha value is -3.39. The van der Waals surface area contributed by atoms with Crippen LogP contribution in [0, 0.1) is 11.3 Å². The molecule has 0 N–H and O–H groups in total. The molecule has 26 heavy (non-hydrogen) atoms. The number of aromatic nitrogens is 1. The number of nitriles is 1. The van der Waals surface area contributed by atoms with E-state index < -0.39 is 5.97 Å². The number of aryl methyl sites for hydroxylation is 1.